The Labute approximate surface area is 107 Å². The van der Waals surface area contributed by atoms with Crippen LogP contribution in [0.1, 0.15) is 17.3 Å². The number of hydrogen-bond acceptors (Lipinski definition) is 3. The van der Waals surface area contributed by atoms with Crippen molar-refractivity contribution in [3.8, 4) is 0 Å². The maximum Gasteiger partial charge on any atom is 0.337 e. The van der Waals surface area contributed by atoms with Gasteiger partial charge < -0.3 is 21.5 Å². The number of primary amides is 1. The summed E-state index contributed by atoms with van der Waals surface area (Å²) >= 11 is 0. The molecule has 0 saturated heterocycles. The second-order valence-corrected chi connectivity index (χ2v) is 3.71. The molecule has 1 unspecified atom stereocenters. The smallest absolute Gasteiger partial charge is 0.337 e. The van der Waals surface area contributed by atoms with Crippen molar-refractivity contribution < 1.29 is 23.9 Å². The SMILES string of the molecule is CC(NC(N)=O)C(=O)Nc1ccc(F)cc1C(=O)O. The number of nitrogens with two attached hydrogens (primary N) is 1. The number of carbonyl (C=O) groups is 3. The summed E-state index contributed by atoms with van der Waals surface area (Å²) in [6.45, 7) is 1.37. The van der Waals surface area contributed by atoms with Crippen molar-refractivity contribution in [2.24, 2.45) is 5.73 Å². The summed E-state index contributed by atoms with van der Waals surface area (Å²) in [5, 5.41) is 13.3. The molecule has 0 radical (unpaired) electrons. The summed E-state index contributed by atoms with van der Waals surface area (Å²) in [4.78, 5) is 33.1. The number of urea groups is 1. The van der Waals surface area contributed by atoms with Crippen molar-refractivity contribution in [2.45, 2.75) is 13.0 Å². The minimum absolute atomic E-state index is 0.0722. The molecule has 0 heterocycles. The molecule has 1 rings (SSSR count). The van der Waals surface area contributed by atoms with Crippen LogP contribution in [-0.4, -0.2) is 29.1 Å². The first-order valence-corrected chi connectivity index (χ1v) is 5.21. The highest BCUT2D eigenvalue weighted by Crippen LogP contribution is 2.17. The summed E-state index contributed by atoms with van der Waals surface area (Å²) in [6, 6.07) is 1.07. The molecular weight excluding hydrogens is 257 g/mol. The van der Waals surface area contributed by atoms with Crippen LogP contribution < -0.4 is 16.4 Å². The number of anilines is 1. The highest BCUT2D eigenvalue weighted by molar-refractivity contribution is 6.02. The number of carboxylic acids is 1. The van der Waals surface area contributed by atoms with Gasteiger partial charge in [0.15, 0.2) is 0 Å². The number of benzene rings is 1. The number of nitrogens with one attached hydrogen (secondary N) is 2. The Morgan fingerprint density at radius 1 is 1.37 bits per heavy atom. The first-order chi connectivity index (χ1) is 8.81. The van der Waals surface area contributed by atoms with Crippen molar-refractivity contribution in [1.82, 2.24) is 5.32 Å². The van der Waals surface area contributed by atoms with Crippen molar-refractivity contribution in [1.29, 1.82) is 0 Å². The minimum Gasteiger partial charge on any atom is -0.478 e. The van der Waals surface area contributed by atoms with Gasteiger partial charge in [-0.15, -0.1) is 0 Å². The molecule has 5 N–H and O–H groups in total. The third-order valence-electron chi connectivity index (χ3n) is 2.22. The Hall–Kier alpha value is -2.64. The number of carboxylic acid groups (broad SMARTS) is 1. The van der Waals surface area contributed by atoms with E-state index in [1.165, 1.54) is 6.92 Å². The van der Waals surface area contributed by atoms with Gasteiger partial charge in [0.25, 0.3) is 0 Å². The standard InChI is InChI=1S/C11H12FN3O4/c1-5(14-11(13)19)9(16)15-8-3-2-6(12)4-7(8)10(17)18/h2-5H,1H3,(H,15,16)(H,17,18)(H3,13,14,19). The predicted molar refractivity (Wildman–Crippen MR) is 64.2 cm³/mol. The lowest BCUT2D eigenvalue weighted by molar-refractivity contribution is -0.117. The van der Waals surface area contributed by atoms with Crippen molar-refractivity contribution in [2.75, 3.05) is 5.32 Å². The van der Waals surface area contributed by atoms with Gasteiger partial charge in [-0.3, -0.25) is 4.79 Å². The van der Waals surface area contributed by atoms with Crippen LogP contribution >= 0.6 is 0 Å². The van der Waals surface area contributed by atoms with E-state index in [0.29, 0.717) is 0 Å². The molecule has 8 heteroatoms. The second-order valence-electron chi connectivity index (χ2n) is 3.71. The lowest BCUT2D eigenvalue weighted by Crippen LogP contribution is -2.44. The summed E-state index contributed by atoms with van der Waals surface area (Å²) in [7, 11) is 0. The highest BCUT2D eigenvalue weighted by Gasteiger charge is 2.18. The number of hydrogen-bond donors (Lipinski definition) is 4. The molecule has 0 spiro atoms. The summed E-state index contributed by atoms with van der Waals surface area (Å²) < 4.78 is 12.9. The first-order valence-electron chi connectivity index (χ1n) is 5.21. The molecular formula is C11H12FN3O4. The monoisotopic (exact) mass is 269 g/mol. The van der Waals surface area contributed by atoms with E-state index in [2.05, 4.69) is 10.6 Å². The van der Waals surface area contributed by atoms with Crippen LogP contribution in [0.3, 0.4) is 0 Å². The van der Waals surface area contributed by atoms with Gasteiger partial charge in [-0.2, -0.15) is 0 Å². The number of carbonyl (C=O) groups excluding carboxylic acids is 2. The Bertz CT molecular complexity index is 533. The zero-order chi connectivity index (χ0) is 14.6. The summed E-state index contributed by atoms with van der Waals surface area (Å²) in [6.07, 6.45) is 0. The molecule has 1 aromatic rings. The van der Waals surface area contributed by atoms with Gasteiger partial charge in [0.2, 0.25) is 5.91 Å². The maximum atomic E-state index is 12.9. The van der Waals surface area contributed by atoms with Crippen LogP contribution in [0.2, 0.25) is 0 Å². The fourth-order valence-electron chi connectivity index (χ4n) is 1.32. The number of amides is 3. The molecule has 0 fully saturated rings. The van der Waals surface area contributed by atoms with E-state index in [9.17, 15) is 18.8 Å². The molecule has 102 valence electrons. The van der Waals surface area contributed by atoms with E-state index in [-0.39, 0.29) is 11.3 Å². The topological polar surface area (TPSA) is 122 Å². The van der Waals surface area contributed by atoms with Crippen LogP contribution in [0.15, 0.2) is 18.2 Å². The fourth-order valence-corrected chi connectivity index (χ4v) is 1.32. The molecule has 0 aliphatic rings. The van der Waals surface area contributed by atoms with Gasteiger partial charge in [-0.25, -0.2) is 14.0 Å². The Balaban J connectivity index is 2.90. The minimum atomic E-state index is -1.38. The molecule has 0 aliphatic carbocycles. The zero-order valence-corrected chi connectivity index (χ0v) is 9.94. The predicted octanol–water partition coefficient (Wildman–Crippen LogP) is 0.519. The summed E-state index contributed by atoms with van der Waals surface area (Å²) in [5.74, 6) is -2.79. The first kappa shape index (κ1) is 14.4. The number of halogens is 1. The van der Waals surface area contributed by atoms with E-state index in [1.54, 1.807) is 0 Å². The van der Waals surface area contributed by atoms with Gasteiger partial charge in [-0.05, 0) is 25.1 Å². The van der Waals surface area contributed by atoms with Crippen LogP contribution in [-0.2, 0) is 4.79 Å². The Morgan fingerprint density at radius 3 is 2.53 bits per heavy atom. The van der Waals surface area contributed by atoms with Gasteiger partial charge in [-0.1, -0.05) is 0 Å². The van der Waals surface area contributed by atoms with E-state index < -0.39 is 29.8 Å². The average molecular weight is 269 g/mol. The zero-order valence-electron chi connectivity index (χ0n) is 9.94. The number of rotatable bonds is 4. The van der Waals surface area contributed by atoms with Crippen LogP contribution in [0.4, 0.5) is 14.9 Å². The van der Waals surface area contributed by atoms with Crippen molar-refractivity contribution in [3.05, 3.63) is 29.6 Å². The number of aromatic carboxylic acids is 1. The van der Waals surface area contributed by atoms with E-state index in [1.807, 2.05) is 0 Å². The Morgan fingerprint density at radius 2 is 2.00 bits per heavy atom. The molecule has 7 nitrogen and oxygen atoms in total. The second kappa shape index (κ2) is 5.80. The molecule has 19 heavy (non-hydrogen) atoms. The molecule has 3 amide bonds. The van der Waals surface area contributed by atoms with Gasteiger partial charge in [0.05, 0.1) is 11.3 Å². The third-order valence-corrected chi connectivity index (χ3v) is 2.22. The van der Waals surface area contributed by atoms with E-state index in [4.69, 9.17) is 10.8 Å². The molecule has 1 atom stereocenters. The molecule has 0 aliphatic heterocycles. The van der Waals surface area contributed by atoms with Crippen LogP contribution in [0.5, 0.6) is 0 Å². The van der Waals surface area contributed by atoms with Crippen molar-refractivity contribution >= 4 is 23.6 Å². The van der Waals surface area contributed by atoms with Gasteiger partial charge >= 0.3 is 12.0 Å². The average Bonchev–Trinajstić information content (AvgIpc) is 2.30. The van der Waals surface area contributed by atoms with Crippen LogP contribution in [0.25, 0.3) is 0 Å². The lowest BCUT2D eigenvalue weighted by Gasteiger charge is -2.13. The molecule has 0 bridgehead atoms. The normalized spacial score (nSPS) is 11.5. The Kier molecular flexibility index (Phi) is 4.41. The third kappa shape index (κ3) is 3.95. The van der Waals surface area contributed by atoms with Crippen LogP contribution in [0, 0.1) is 5.82 Å². The van der Waals surface area contributed by atoms with E-state index in [0.717, 1.165) is 18.2 Å². The largest absolute Gasteiger partial charge is 0.478 e. The molecule has 0 saturated carbocycles. The van der Waals surface area contributed by atoms with Gasteiger partial charge in [0, 0.05) is 0 Å². The van der Waals surface area contributed by atoms with Gasteiger partial charge in [0.1, 0.15) is 11.9 Å². The fraction of sp³-hybridized carbons (Fsp3) is 0.182. The van der Waals surface area contributed by atoms with E-state index >= 15 is 0 Å². The quantitative estimate of drug-likeness (QED) is 0.636. The highest BCUT2D eigenvalue weighted by atomic mass is 19.1. The summed E-state index contributed by atoms with van der Waals surface area (Å²) in [5.41, 5.74) is 4.39. The van der Waals surface area contributed by atoms with Crippen molar-refractivity contribution in [3.63, 3.8) is 0 Å². The maximum absolute atomic E-state index is 12.9. The lowest BCUT2D eigenvalue weighted by atomic mass is 10.1. The molecule has 0 aromatic heterocycles. The molecule has 1 aromatic carbocycles.